The van der Waals surface area contributed by atoms with Crippen molar-refractivity contribution in [1.82, 2.24) is 0 Å². The predicted molar refractivity (Wildman–Crippen MR) is 102 cm³/mol. The quantitative estimate of drug-likeness (QED) is 0.598. The van der Waals surface area contributed by atoms with Crippen LogP contribution in [0.15, 0.2) is 0 Å². The molecule has 4 nitrogen and oxygen atoms in total. The Morgan fingerprint density at radius 1 is 0.692 bits per heavy atom. The summed E-state index contributed by atoms with van der Waals surface area (Å²) < 4.78 is 11.6. The zero-order valence-corrected chi connectivity index (χ0v) is 17.9. The molecule has 0 bridgehead atoms. The van der Waals surface area contributed by atoms with Crippen molar-refractivity contribution < 1.29 is 19.7 Å². The van der Waals surface area contributed by atoms with E-state index in [0.717, 1.165) is 0 Å². The molecule has 2 heterocycles. The highest BCUT2D eigenvalue weighted by atomic mass is 16.6. The van der Waals surface area contributed by atoms with E-state index in [1.807, 2.05) is 55.4 Å². The van der Waals surface area contributed by atoms with Gasteiger partial charge >= 0.3 is 0 Å². The fraction of sp³-hybridized carbons (Fsp3) is 0.818. The summed E-state index contributed by atoms with van der Waals surface area (Å²) >= 11 is 0. The van der Waals surface area contributed by atoms with Crippen LogP contribution >= 0.6 is 0 Å². The Labute approximate surface area is 158 Å². The van der Waals surface area contributed by atoms with Crippen LogP contribution in [0.3, 0.4) is 0 Å². The van der Waals surface area contributed by atoms with Gasteiger partial charge in [0.1, 0.15) is 11.2 Å². The number of epoxide rings is 2. The van der Waals surface area contributed by atoms with E-state index >= 15 is 0 Å². The van der Waals surface area contributed by atoms with Crippen LogP contribution in [0, 0.1) is 35.5 Å². The number of hydrogen-bond acceptors (Lipinski definition) is 4. The summed E-state index contributed by atoms with van der Waals surface area (Å²) in [6, 6.07) is 0. The zero-order chi connectivity index (χ0) is 20.4. The van der Waals surface area contributed by atoms with Gasteiger partial charge in [-0.25, -0.2) is 0 Å². The van der Waals surface area contributed by atoms with Crippen LogP contribution in [0.5, 0.6) is 0 Å². The highest BCUT2D eigenvalue weighted by molar-refractivity contribution is 5.40. The molecule has 2 saturated heterocycles. The molecule has 4 heteroatoms. The average Bonchev–Trinajstić information content (AvgIpc) is 3.24. The molecule has 4 atom stereocenters. The normalized spacial score (nSPS) is 35.5. The Hall–Kier alpha value is -1.04. The van der Waals surface area contributed by atoms with Crippen LogP contribution in [-0.2, 0) is 9.47 Å². The third-order valence-electron chi connectivity index (χ3n) is 6.10. The van der Waals surface area contributed by atoms with Crippen LogP contribution in [0.25, 0.3) is 0 Å². The van der Waals surface area contributed by atoms with Crippen LogP contribution < -0.4 is 0 Å². The maximum Gasteiger partial charge on any atom is 0.162 e. The minimum atomic E-state index is -1.71. The Morgan fingerprint density at radius 2 is 0.923 bits per heavy atom. The van der Waals surface area contributed by atoms with Crippen molar-refractivity contribution in [3.63, 3.8) is 0 Å². The first-order valence-electron chi connectivity index (χ1n) is 9.40. The molecule has 2 aliphatic rings. The Kier molecular flexibility index (Phi) is 4.68. The van der Waals surface area contributed by atoms with Gasteiger partial charge in [0, 0.05) is 0 Å². The van der Waals surface area contributed by atoms with Gasteiger partial charge in [-0.05, 0) is 53.4 Å². The summed E-state index contributed by atoms with van der Waals surface area (Å²) in [7, 11) is 0. The van der Waals surface area contributed by atoms with E-state index < -0.39 is 22.4 Å². The van der Waals surface area contributed by atoms with Crippen molar-refractivity contribution >= 4 is 0 Å². The van der Waals surface area contributed by atoms with Crippen molar-refractivity contribution in [3.05, 3.63) is 0 Å². The minimum Gasteiger partial charge on any atom is -0.374 e. The van der Waals surface area contributed by atoms with E-state index in [1.54, 1.807) is 0 Å². The molecule has 26 heavy (non-hydrogen) atoms. The van der Waals surface area contributed by atoms with Gasteiger partial charge in [-0.15, -0.1) is 0 Å². The molecular formula is C22H34O4. The number of ether oxygens (including phenoxy) is 2. The lowest BCUT2D eigenvalue weighted by Gasteiger charge is -2.30. The lowest BCUT2D eigenvalue weighted by molar-refractivity contribution is -0.0555. The van der Waals surface area contributed by atoms with E-state index in [9.17, 15) is 10.2 Å². The predicted octanol–water partition coefficient (Wildman–Crippen LogP) is 2.90. The van der Waals surface area contributed by atoms with Gasteiger partial charge in [-0.2, -0.15) is 0 Å². The molecule has 0 saturated carbocycles. The molecule has 0 aromatic heterocycles. The second kappa shape index (κ2) is 5.73. The second-order valence-electron chi connectivity index (χ2n) is 9.65. The van der Waals surface area contributed by atoms with Crippen molar-refractivity contribution in [2.24, 2.45) is 11.8 Å². The van der Waals surface area contributed by atoms with Crippen molar-refractivity contribution in [2.45, 2.75) is 103 Å². The molecule has 2 fully saturated rings. The molecule has 4 unspecified atom stereocenters. The molecule has 0 amide bonds. The van der Waals surface area contributed by atoms with Crippen LogP contribution in [0.1, 0.15) is 69.2 Å². The molecule has 0 aromatic rings. The zero-order valence-electron chi connectivity index (χ0n) is 17.9. The fourth-order valence-corrected chi connectivity index (χ4v) is 3.69. The minimum absolute atomic E-state index is 0.168. The monoisotopic (exact) mass is 362 g/mol. The molecule has 0 radical (unpaired) electrons. The van der Waals surface area contributed by atoms with Crippen molar-refractivity contribution in [2.75, 3.05) is 0 Å². The number of rotatable bonds is 3. The molecule has 146 valence electrons. The standard InChI is InChI=1S/C22H34O4/c1-15(2)21(17(5,6)25-21)13-11-19(9,23)20(10,24)12-14-22(16(3)4)18(7,8)26-22/h15-16,23-24H,1-10H3. The first kappa shape index (κ1) is 21.3. The summed E-state index contributed by atoms with van der Waals surface area (Å²) in [6.45, 7) is 19.0. The topological polar surface area (TPSA) is 65.5 Å². The van der Waals surface area contributed by atoms with Gasteiger partial charge in [-0.1, -0.05) is 51.4 Å². The third kappa shape index (κ3) is 3.08. The Morgan fingerprint density at radius 3 is 1.08 bits per heavy atom. The summed E-state index contributed by atoms with van der Waals surface area (Å²) in [5, 5.41) is 21.7. The first-order valence-corrected chi connectivity index (χ1v) is 9.40. The van der Waals surface area contributed by atoms with E-state index in [1.165, 1.54) is 13.8 Å². The van der Waals surface area contributed by atoms with Gasteiger partial charge < -0.3 is 19.7 Å². The maximum absolute atomic E-state index is 10.8. The van der Waals surface area contributed by atoms with Gasteiger partial charge in [-0.3, -0.25) is 0 Å². The van der Waals surface area contributed by atoms with E-state index in [2.05, 4.69) is 23.7 Å². The van der Waals surface area contributed by atoms with E-state index in [-0.39, 0.29) is 23.0 Å². The van der Waals surface area contributed by atoms with Crippen LogP contribution in [0.4, 0.5) is 0 Å². The largest absolute Gasteiger partial charge is 0.374 e. The molecule has 2 aliphatic heterocycles. The summed E-state index contributed by atoms with van der Waals surface area (Å²) in [5.74, 6) is 12.2. The van der Waals surface area contributed by atoms with Gasteiger partial charge in [0.05, 0.1) is 0 Å². The number of hydrogen-bond donors (Lipinski definition) is 2. The molecule has 2 N–H and O–H groups in total. The molecule has 0 aromatic carbocycles. The van der Waals surface area contributed by atoms with E-state index in [4.69, 9.17) is 9.47 Å². The number of aliphatic hydroxyl groups is 2. The van der Waals surface area contributed by atoms with E-state index in [0.29, 0.717) is 0 Å². The van der Waals surface area contributed by atoms with Crippen LogP contribution in [-0.4, -0.2) is 43.8 Å². The molecular weight excluding hydrogens is 328 g/mol. The SMILES string of the molecule is CC(C)C1(C#CC(C)(O)C(C)(O)C#CC2(C(C)C)OC2(C)C)OC1(C)C. The average molecular weight is 363 g/mol. The summed E-state index contributed by atoms with van der Waals surface area (Å²) in [4.78, 5) is 0. The Bertz CT molecular complexity index is 644. The molecule has 0 aliphatic carbocycles. The highest BCUT2D eigenvalue weighted by Crippen LogP contribution is 2.53. The molecule has 0 spiro atoms. The fourth-order valence-electron chi connectivity index (χ4n) is 3.69. The van der Waals surface area contributed by atoms with Gasteiger partial charge in [0.2, 0.25) is 0 Å². The smallest absolute Gasteiger partial charge is 0.162 e. The maximum atomic E-state index is 10.8. The lowest BCUT2D eigenvalue weighted by atomic mass is 9.81. The first-order chi connectivity index (χ1) is 11.5. The summed E-state index contributed by atoms with van der Waals surface area (Å²) in [6.07, 6.45) is 0. The lowest BCUT2D eigenvalue weighted by Crippen LogP contribution is -2.48. The third-order valence-corrected chi connectivity index (χ3v) is 6.10. The van der Waals surface area contributed by atoms with Crippen molar-refractivity contribution in [1.29, 1.82) is 0 Å². The Balaban J connectivity index is 2.31. The highest BCUT2D eigenvalue weighted by Gasteiger charge is 2.66. The van der Waals surface area contributed by atoms with Crippen molar-refractivity contribution in [3.8, 4) is 23.7 Å². The summed E-state index contributed by atoms with van der Waals surface area (Å²) in [5.41, 5.74) is -5.37. The van der Waals surface area contributed by atoms with Gasteiger partial charge in [0.25, 0.3) is 0 Å². The second-order valence-corrected chi connectivity index (χ2v) is 9.65. The van der Waals surface area contributed by atoms with Crippen LogP contribution in [0.2, 0.25) is 0 Å². The molecule has 2 rings (SSSR count). The van der Waals surface area contributed by atoms with Gasteiger partial charge in [0.15, 0.2) is 22.4 Å².